The van der Waals surface area contributed by atoms with E-state index in [9.17, 15) is 0 Å². The summed E-state index contributed by atoms with van der Waals surface area (Å²) in [4.78, 5) is 2.15. The maximum Gasteiger partial charge on any atom is 0.0597 e. The van der Waals surface area contributed by atoms with Crippen LogP contribution in [0.15, 0.2) is 30.3 Å². The quantitative estimate of drug-likeness (QED) is 0.705. The van der Waals surface area contributed by atoms with E-state index in [1.54, 1.807) is 0 Å². The average molecular weight is 228 g/mol. The van der Waals surface area contributed by atoms with Crippen LogP contribution >= 0.6 is 11.6 Å². The molecule has 1 aromatic rings. The number of hydrogen-bond donors (Lipinski definition) is 0. The van der Waals surface area contributed by atoms with E-state index in [0.29, 0.717) is 0 Å². The lowest BCUT2D eigenvalue weighted by Crippen LogP contribution is -2.14. The van der Waals surface area contributed by atoms with Crippen LogP contribution < -0.4 is 0 Å². The summed E-state index contributed by atoms with van der Waals surface area (Å²) < 4.78 is 0. The minimum Gasteiger partial charge on any atom is -0.309 e. The monoisotopic (exact) mass is 227 g/mol. The van der Waals surface area contributed by atoms with Crippen molar-refractivity contribution in [3.05, 3.63) is 35.9 Å². The molecule has 0 aliphatic rings. The minimum atomic E-state index is 0.142. The second-order valence-corrected chi connectivity index (χ2v) is 4.00. The van der Waals surface area contributed by atoms with Crippen molar-refractivity contribution in [2.75, 3.05) is 20.6 Å². The molecular weight excluding hydrogens is 206 g/mol. The van der Waals surface area contributed by atoms with Crippen molar-refractivity contribution in [3.63, 3.8) is 0 Å². The first-order chi connectivity index (χ1) is 7.20. The number of halogens is 1. The first-order valence-electron chi connectivity index (χ1n) is 5.54. The van der Waals surface area contributed by atoms with Crippen LogP contribution in [0, 0.1) is 0 Å². The number of alkyl halides is 1. The molecule has 1 aromatic carbocycles. The Balaban J connectivity index is 0.000000921. The zero-order valence-corrected chi connectivity index (χ0v) is 11.0. The summed E-state index contributed by atoms with van der Waals surface area (Å²) in [6, 6.07) is 10.2. The highest BCUT2D eigenvalue weighted by molar-refractivity contribution is 6.20. The van der Waals surface area contributed by atoms with Crippen LogP contribution in [0.25, 0.3) is 0 Å². The standard InChI is InChI=1S/C11H16ClN.C2H6/c1-13(2)9-8-11(12)10-6-4-3-5-7-10;1-2/h3-7,11H,8-9H2,1-2H3;1-2H3. The number of nitrogens with zero attached hydrogens (tertiary/aromatic N) is 1. The molecule has 0 saturated heterocycles. The molecule has 0 N–H and O–H groups in total. The van der Waals surface area contributed by atoms with E-state index in [1.807, 2.05) is 32.0 Å². The van der Waals surface area contributed by atoms with Gasteiger partial charge in [-0.05, 0) is 32.6 Å². The molecule has 1 unspecified atom stereocenters. The third-order valence-electron chi connectivity index (χ3n) is 1.99. The maximum absolute atomic E-state index is 6.22. The zero-order chi connectivity index (χ0) is 11.7. The predicted molar refractivity (Wildman–Crippen MR) is 69.6 cm³/mol. The van der Waals surface area contributed by atoms with Gasteiger partial charge in [0.05, 0.1) is 5.38 Å². The molecule has 1 nitrogen and oxygen atoms in total. The average Bonchev–Trinajstić information content (AvgIpc) is 2.30. The van der Waals surface area contributed by atoms with Gasteiger partial charge in [-0.15, -0.1) is 11.6 Å². The highest BCUT2D eigenvalue weighted by Gasteiger charge is 2.06. The van der Waals surface area contributed by atoms with Crippen molar-refractivity contribution in [1.82, 2.24) is 4.90 Å². The largest absolute Gasteiger partial charge is 0.309 e. The summed E-state index contributed by atoms with van der Waals surface area (Å²) in [7, 11) is 4.13. The highest BCUT2D eigenvalue weighted by Crippen LogP contribution is 2.23. The molecule has 2 heteroatoms. The van der Waals surface area contributed by atoms with Crippen LogP contribution in [-0.4, -0.2) is 25.5 Å². The van der Waals surface area contributed by atoms with Crippen LogP contribution in [0.4, 0.5) is 0 Å². The maximum atomic E-state index is 6.22. The molecule has 0 spiro atoms. The predicted octanol–water partition coefficient (Wildman–Crippen LogP) is 3.94. The number of rotatable bonds is 4. The lowest BCUT2D eigenvalue weighted by Gasteiger charge is -2.13. The summed E-state index contributed by atoms with van der Waals surface area (Å²) in [6.07, 6.45) is 0.999. The van der Waals surface area contributed by atoms with Gasteiger partial charge in [0.2, 0.25) is 0 Å². The van der Waals surface area contributed by atoms with Gasteiger partial charge < -0.3 is 4.90 Å². The summed E-state index contributed by atoms with van der Waals surface area (Å²) >= 11 is 6.22. The molecule has 0 aromatic heterocycles. The fourth-order valence-electron chi connectivity index (χ4n) is 1.20. The molecule has 0 saturated carbocycles. The van der Waals surface area contributed by atoms with E-state index in [-0.39, 0.29) is 5.38 Å². The van der Waals surface area contributed by atoms with Crippen LogP contribution in [0.3, 0.4) is 0 Å². The fourth-order valence-corrected chi connectivity index (χ4v) is 1.44. The van der Waals surface area contributed by atoms with E-state index >= 15 is 0 Å². The zero-order valence-electron chi connectivity index (χ0n) is 10.2. The van der Waals surface area contributed by atoms with Crippen molar-refractivity contribution in [2.24, 2.45) is 0 Å². The second-order valence-electron chi connectivity index (χ2n) is 3.47. The van der Waals surface area contributed by atoms with Crippen LogP contribution in [0.2, 0.25) is 0 Å². The Morgan fingerprint density at radius 3 is 2.13 bits per heavy atom. The van der Waals surface area contributed by atoms with Crippen molar-refractivity contribution < 1.29 is 0 Å². The molecule has 86 valence electrons. The fraction of sp³-hybridized carbons (Fsp3) is 0.538. The molecule has 0 amide bonds. The highest BCUT2D eigenvalue weighted by atomic mass is 35.5. The summed E-state index contributed by atoms with van der Waals surface area (Å²) in [5, 5.41) is 0.142. The Morgan fingerprint density at radius 1 is 1.13 bits per heavy atom. The van der Waals surface area contributed by atoms with Crippen molar-refractivity contribution >= 4 is 11.6 Å². The molecule has 0 heterocycles. The van der Waals surface area contributed by atoms with Gasteiger partial charge in [0.1, 0.15) is 0 Å². The third-order valence-corrected chi connectivity index (χ3v) is 2.46. The molecule has 15 heavy (non-hydrogen) atoms. The minimum absolute atomic E-state index is 0.142. The second kappa shape index (κ2) is 8.75. The first-order valence-corrected chi connectivity index (χ1v) is 5.97. The van der Waals surface area contributed by atoms with Gasteiger partial charge in [0.15, 0.2) is 0 Å². The topological polar surface area (TPSA) is 3.24 Å². The lowest BCUT2D eigenvalue weighted by atomic mass is 10.1. The Morgan fingerprint density at radius 2 is 1.67 bits per heavy atom. The van der Waals surface area contributed by atoms with Crippen molar-refractivity contribution in [1.29, 1.82) is 0 Å². The Bertz CT molecular complexity index is 234. The number of benzene rings is 1. The van der Waals surface area contributed by atoms with Crippen LogP contribution in [-0.2, 0) is 0 Å². The molecule has 0 aliphatic heterocycles. The van der Waals surface area contributed by atoms with Gasteiger partial charge in [-0.3, -0.25) is 0 Å². The van der Waals surface area contributed by atoms with E-state index in [4.69, 9.17) is 11.6 Å². The summed E-state index contributed by atoms with van der Waals surface area (Å²) in [5.74, 6) is 0. The van der Waals surface area contributed by atoms with E-state index in [2.05, 4.69) is 31.1 Å². The van der Waals surface area contributed by atoms with Gasteiger partial charge >= 0.3 is 0 Å². The lowest BCUT2D eigenvalue weighted by molar-refractivity contribution is 0.398. The molecule has 0 radical (unpaired) electrons. The molecular formula is C13H22ClN. The van der Waals surface area contributed by atoms with E-state index in [0.717, 1.165) is 13.0 Å². The Hall–Kier alpha value is -0.530. The van der Waals surface area contributed by atoms with Gasteiger partial charge in [-0.25, -0.2) is 0 Å². The van der Waals surface area contributed by atoms with Gasteiger partial charge in [-0.2, -0.15) is 0 Å². The van der Waals surface area contributed by atoms with Crippen LogP contribution in [0.1, 0.15) is 31.2 Å². The molecule has 0 bridgehead atoms. The SMILES string of the molecule is CC.CN(C)CCC(Cl)c1ccccc1. The summed E-state index contributed by atoms with van der Waals surface area (Å²) in [6.45, 7) is 5.03. The molecule has 0 fully saturated rings. The van der Waals surface area contributed by atoms with Crippen molar-refractivity contribution in [2.45, 2.75) is 25.6 Å². The van der Waals surface area contributed by atoms with Gasteiger partial charge in [-0.1, -0.05) is 44.2 Å². The van der Waals surface area contributed by atoms with Gasteiger partial charge in [0, 0.05) is 0 Å². The Kier molecular flexibility index (Phi) is 8.44. The smallest absolute Gasteiger partial charge is 0.0597 e. The van der Waals surface area contributed by atoms with E-state index in [1.165, 1.54) is 5.56 Å². The number of hydrogen-bond acceptors (Lipinski definition) is 1. The van der Waals surface area contributed by atoms with Gasteiger partial charge in [0.25, 0.3) is 0 Å². The van der Waals surface area contributed by atoms with Crippen molar-refractivity contribution in [3.8, 4) is 0 Å². The Labute approximate surface area is 99.1 Å². The normalized spacial score (nSPS) is 11.9. The molecule has 0 aliphatic carbocycles. The molecule has 1 rings (SSSR count). The first kappa shape index (κ1) is 14.5. The third kappa shape index (κ3) is 6.53. The van der Waals surface area contributed by atoms with Crippen LogP contribution in [0.5, 0.6) is 0 Å². The molecule has 1 atom stereocenters. The summed E-state index contributed by atoms with van der Waals surface area (Å²) in [5.41, 5.74) is 1.21. The van der Waals surface area contributed by atoms with E-state index < -0.39 is 0 Å².